The molecule has 3 aromatic rings. The van der Waals surface area contributed by atoms with E-state index in [0.717, 1.165) is 10.7 Å². The summed E-state index contributed by atoms with van der Waals surface area (Å²) in [6, 6.07) is 12.0. The average Bonchev–Trinajstić information content (AvgIpc) is 3.12. The Morgan fingerprint density at radius 3 is 2.52 bits per heavy atom. The van der Waals surface area contributed by atoms with Gasteiger partial charge in [-0.1, -0.05) is 53.2 Å². The van der Waals surface area contributed by atoms with Crippen LogP contribution in [0.2, 0.25) is 10.0 Å². The van der Waals surface area contributed by atoms with Crippen LogP contribution in [0, 0.1) is 0 Å². The molecule has 29 heavy (non-hydrogen) atoms. The summed E-state index contributed by atoms with van der Waals surface area (Å²) in [5, 5.41) is 9.55. The Balaban J connectivity index is 1.48. The molecule has 7 nitrogen and oxygen atoms in total. The third kappa shape index (κ3) is 5.96. The lowest BCUT2D eigenvalue weighted by Crippen LogP contribution is -2.42. The summed E-state index contributed by atoms with van der Waals surface area (Å²) in [7, 11) is 1.88. The first-order chi connectivity index (χ1) is 13.9. The van der Waals surface area contributed by atoms with Crippen LogP contribution in [0.3, 0.4) is 0 Å². The Kier molecular flexibility index (Phi) is 7.13. The van der Waals surface area contributed by atoms with Crippen LogP contribution in [0.1, 0.15) is 21.5 Å². The number of hydrazine groups is 1. The average molecular weight is 450 g/mol. The zero-order valence-electron chi connectivity index (χ0n) is 15.4. The number of carbonyl (C=O) groups excluding carboxylic acids is 2. The monoisotopic (exact) mass is 449 g/mol. The van der Waals surface area contributed by atoms with E-state index in [-0.39, 0.29) is 12.3 Å². The van der Waals surface area contributed by atoms with Gasteiger partial charge in [0.1, 0.15) is 6.33 Å². The molecule has 0 atom stereocenters. The van der Waals surface area contributed by atoms with Crippen molar-refractivity contribution in [1.82, 2.24) is 25.6 Å². The number of aryl methyl sites for hydroxylation is 1. The molecule has 0 aliphatic heterocycles. The molecule has 2 N–H and O–H groups in total. The van der Waals surface area contributed by atoms with E-state index in [9.17, 15) is 9.59 Å². The minimum absolute atomic E-state index is 0.0223. The van der Waals surface area contributed by atoms with Crippen molar-refractivity contribution in [2.45, 2.75) is 17.3 Å². The third-order valence-electron chi connectivity index (χ3n) is 3.94. The standard InChI is InChI=1S/C19H17Cl2N5O2S/c1-26-11-22-25-19(26)29-10-12-2-4-13(5-3-12)18(28)24-23-17(27)8-14-6-7-15(20)9-16(14)21/h2-7,9,11H,8,10H2,1H3,(H,23,27)(H,24,28). The summed E-state index contributed by atoms with van der Waals surface area (Å²) >= 11 is 13.4. The lowest BCUT2D eigenvalue weighted by Gasteiger charge is -2.09. The molecule has 0 spiro atoms. The number of nitrogens with zero attached hydrogens (tertiary/aromatic N) is 3. The number of benzene rings is 2. The first-order valence-electron chi connectivity index (χ1n) is 8.51. The number of thioether (sulfide) groups is 1. The number of amides is 2. The van der Waals surface area contributed by atoms with Crippen molar-refractivity contribution in [2.24, 2.45) is 7.05 Å². The molecule has 1 aromatic heterocycles. The first kappa shape index (κ1) is 21.2. The van der Waals surface area contributed by atoms with Crippen LogP contribution < -0.4 is 10.9 Å². The molecule has 0 unspecified atom stereocenters. The lowest BCUT2D eigenvalue weighted by atomic mass is 10.1. The molecule has 0 bridgehead atoms. The van der Waals surface area contributed by atoms with Crippen LogP contribution in [0.4, 0.5) is 0 Å². The zero-order chi connectivity index (χ0) is 20.8. The molecule has 2 aromatic carbocycles. The molecule has 2 amide bonds. The summed E-state index contributed by atoms with van der Waals surface area (Å²) < 4.78 is 1.84. The second kappa shape index (κ2) is 9.78. The molecule has 1 heterocycles. The molecule has 0 radical (unpaired) electrons. The highest BCUT2D eigenvalue weighted by molar-refractivity contribution is 7.98. The minimum Gasteiger partial charge on any atom is -0.312 e. The van der Waals surface area contributed by atoms with Crippen molar-refractivity contribution in [2.75, 3.05) is 0 Å². The predicted molar refractivity (Wildman–Crippen MR) is 113 cm³/mol. The van der Waals surface area contributed by atoms with Crippen molar-refractivity contribution in [3.05, 3.63) is 75.5 Å². The summed E-state index contributed by atoms with van der Waals surface area (Å²) in [6.45, 7) is 0. The Morgan fingerprint density at radius 2 is 1.86 bits per heavy atom. The topological polar surface area (TPSA) is 88.9 Å². The van der Waals surface area contributed by atoms with Gasteiger partial charge >= 0.3 is 0 Å². The molecule has 150 valence electrons. The summed E-state index contributed by atoms with van der Waals surface area (Å²) in [6.07, 6.45) is 1.67. The second-order valence-corrected chi connectivity index (χ2v) is 7.91. The molecular formula is C19H17Cl2N5O2S. The Bertz CT molecular complexity index is 1020. The molecule has 0 saturated carbocycles. The van der Waals surface area contributed by atoms with E-state index in [4.69, 9.17) is 23.2 Å². The van der Waals surface area contributed by atoms with Gasteiger partial charge in [-0.2, -0.15) is 0 Å². The highest BCUT2D eigenvalue weighted by atomic mass is 35.5. The fraction of sp³-hybridized carbons (Fsp3) is 0.158. The van der Waals surface area contributed by atoms with Crippen molar-refractivity contribution >= 4 is 46.8 Å². The van der Waals surface area contributed by atoms with Crippen LogP contribution >= 0.6 is 35.0 Å². The molecule has 0 aliphatic rings. The molecule has 3 rings (SSSR count). The SMILES string of the molecule is Cn1cnnc1SCc1ccc(C(=O)NNC(=O)Cc2ccc(Cl)cc2Cl)cc1. The normalized spacial score (nSPS) is 10.6. The van der Waals surface area contributed by atoms with E-state index in [0.29, 0.717) is 26.9 Å². The van der Waals surface area contributed by atoms with Crippen LogP contribution in [0.5, 0.6) is 0 Å². The maximum Gasteiger partial charge on any atom is 0.269 e. The number of aromatic nitrogens is 3. The van der Waals surface area contributed by atoms with E-state index in [1.807, 2.05) is 23.7 Å². The highest BCUT2D eigenvalue weighted by Crippen LogP contribution is 2.21. The van der Waals surface area contributed by atoms with Crippen LogP contribution in [-0.2, 0) is 24.0 Å². The fourth-order valence-electron chi connectivity index (χ4n) is 2.38. The van der Waals surface area contributed by atoms with Gasteiger partial charge in [0, 0.05) is 28.4 Å². The van der Waals surface area contributed by atoms with Crippen molar-refractivity contribution in [3.63, 3.8) is 0 Å². The van der Waals surface area contributed by atoms with E-state index >= 15 is 0 Å². The van der Waals surface area contributed by atoms with Crippen molar-refractivity contribution < 1.29 is 9.59 Å². The Hall–Kier alpha value is -2.55. The summed E-state index contributed by atoms with van der Waals surface area (Å²) in [5.41, 5.74) is 6.87. The smallest absolute Gasteiger partial charge is 0.269 e. The van der Waals surface area contributed by atoms with Crippen LogP contribution in [0.15, 0.2) is 53.9 Å². The number of carbonyl (C=O) groups is 2. The van der Waals surface area contributed by atoms with Gasteiger partial charge in [0.25, 0.3) is 5.91 Å². The van der Waals surface area contributed by atoms with Crippen LogP contribution in [0.25, 0.3) is 0 Å². The van der Waals surface area contributed by atoms with Gasteiger partial charge in [-0.3, -0.25) is 20.4 Å². The quantitative estimate of drug-likeness (QED) is 0.444. The van der Waals surface area contributed by atoms with Gasteiger partial charge in [-0.25, -0.2) is 0 Å². The maximum atomic E-state index is 12.2. The predicted octanol–water partition coefficient (Wildman–Crippen LogP) is 3.42. The zero-order valence-corrected chi connectivity index (χ0v) is 17.7. The molecule has 0 saturated heterocycles. The number of hydrogen-bond acceptors (Lipinski definition) is 5. The fourth-order valence-corrected chi connectivity index (χ4v) is 3.70. The summed E-state index contributed by atoms with van der Waals surface area (Å²) in [5.74, 6) is -0.0974. The number of nitrogens with one attached hydrogen (secondary N) is 2. The van der Waals surface area contributed by atoms with Crippen molar-refractivity contribution in [3.8, 4) is 0 Å². The molecule has 0 fully saturated rings. The first-order valence-corrected chi connectivity index (χ1v) is 10.3. The second-order valence-electron chi connectivity index (χ2n) is 6.12. The molecule has 10 heteroatoms. The van der Waals surface area contributed by atoms with Gasteiger partial charge in [-0.05, 0) is 35.4 Å². The van der Waals surface area contributed by atoms with Gasteiger partial charge < -0.3 is 4.57 Å². The van der Waals surface area contributed by atoms with Gasteiger partial charge in [0.2, 0.25) is 5.91 Å². The largest absolute Gasteiger partial charge is 0.312 e. The van der Waals surface area contributed by atoms with Crippen LogP contribution in [-0.4, -0.2) is 26.6 Å². The molecule has 0 aliphatic carbocycles. The summed E-state index contributed by atoms with van der Waals surface area (Å²) in [4.78, 5) is 24.2. The van der Waals surface area contributed by atoms with E-state index in [1.165, 1.54) is 0 Å². The highest BCUT2D eigenvalue weighted by Gasteiger charge is 2.10. The van der Waals surface area contributed by atoms with Gasteiger partial charge in [-0.15, -0.1) is 10.2 Å². The number of hydrogen-bond donors (Lipinski definition) is 2. The number of halogens is 2. The number of rotatable bonds is 6. The van der Waals surface area contributed by atoms with Gasteiger partial charge in [0.05, 0.1) is 6.42 Å². The van der Waals surface area contributed by atoms with E-state index in [1.54, 1.807) is 48.4 Å². The Labute approximate surface area is 181 Å². The van der Waals surface area contributed by atoms with E-state index < -0.39 is 5.91 Å². The molecular weight excluding hydrogens is 433 g/mol. The van der Waals surface area contributed by atoms with Crippen molar-refractivity contribution in [1.29, 1.82) is 0 Å². The van der Waals surface area contributed by atoms with E-state index in [2.05, 4.69) is 21.0 Å². The third-order valence-corrected chi connectivity index (χ3v) is 5.63. The maximum absolute atomic E-state index is 12.2. The van der Waals surface area contributed by atoms with Gasteiger partial charge in [0.15, 0.2) is 5.16 Å². The lowest BCUT2D eigenvalue weighted by molar-refractivity contribution is -0.121. The minimum atomic E-state index is -0.409. The Morgan fingerprint density at radius 1 is 1.10 bits per heavy atom.